The number of hydrogen-bond donors (Lipinski definition) is 1. The molecule has 2 aromatic carbocycles. The van der Waals surface area contributed by atoms with Crippen LogP contribution in [0.4, 0.5) is 0 Å². The number of benzene rings is 2. The number of halogens is 1. The summed E-state index contributed by atoms with van der Waals surface area (Å²) in [7, 11) is 0. The normalized spacial score (nSPS) is 12.8. The van der Waals surface area contributed by atoms with Crippen LogP contribution in [0, 0.1) is 0 Å². The van der Waals surface area contributed by atoms with E-state index in [-0.39, 0.29) is 17.9 Å². The van der Waals surface area contributed by atoms with Crippen LogP contribution in [0.25, 0.3) is 0 Å². The lowest BCUT2D eigenvalue weighted by Gasteiger charge is -2.29. The Morgan fingerprint density at radius 3 is 2.31 bits per heavy atom. The van der Waals surface area contributed by atoms with E-state index in [0.29, 0.717) is 17.3 Å². The van der Waals surface area contributed by atoms with Crippen molar-refractivity contribution < 1.29 is 9.59 Å². The Bertz CT molecular complexity index is 783. The number of carbonyl (C=O) groups is 2. The molecule has 0 aromatic heterocycles. The van der Waals surface area contributed by atoms with Gasteiger partial charge in [0.05, 0.1) is 5.75 Å². The maximum atomic E-state index is 13.0. The highest BCUT2D eigenvalue weighted by Gasteiger charge is 2.26. The van der Waals surface area contributed by atoms with Gasteiger partial charge in [0, 0.05) is 23.4 Å². The van der Waals surface area contributed by atoms with Crippen LogP contribution in [0.15, 0.2) is 54.6 Å². The minimum Gasteiger partial charge on any atom is -0.352 e. The maximum absolute atomic E-state index is 13.0. The molecular formula is C23H29ClN2O2S. The molecule has 0 unspecified atom stereocenters. The van der Waals surface area contributed by atoms with E-state index in [2.05, 4.69) is 5.32 Å². The van der Waals surface area contributed by atoms with E-state index in [4.69, 9.17) is 11.6 Å². The highest BCUT2D eigenvalue weighted by Crippen LogP contribution is 2.18. The predicted molar refractivity (Wildman–Crippen MR) is 122 cm³/mol. The Labute approximate surface area is 183 Å². The molecule has 0 heterocycles. The Morgan fingerprint density at radius 2 is 1.69 bits per heavy atom. The standard InChI is InChI=1S/C23H29ClN2O2S/c1-4-17(2)25-23(28)18(3)26(14-19-8-6-5-7-9-19)22(27)16-29-15-20-10-12-21(24)13-11-20/h5-13,17-18H,4,14-16H2,1-3H3,(H,25,28)/t17-,18+/m1/s1. The number of amides is 2. The van der Waals surface area contributed by atoms with Crippen molar-refractivity contribution in [3.63, 3.8) is 0 Å². The first-order valence-electron chi connectivity index (χ1n) is 9.86. The van der Waals surface area contributed by atoms with Gasteiger partial charge in [-0.1, -0.05) is 61.0 Å². The number of rotatable bonds is 10. The number of nitrogens with zero attached hydrogens (tertiary/aromatic N) is 1. The molecule has 2 aromatic rings. The molecular weight excluding hydrogens is 404 g/mol. The third kappa shape index (κ3) is 7.75. The van der Waals surface area contributed by atoms with E-state index in [9.17, 15) is 9.59 Å². The van der Waals surface area contributed by atoms with Gasteiger partial charge in [-0.05, 0) is 43.5 Å². The summed E-state index contributed by atoms with van der Waals surface area (Å²) in [4.78, 5) is 27.3. The van der Waals surface area contributed by atoms with Gasteiger partial charge in [0.2, 0.25) is 11.8 Å². The van der Waals surface area contributed by atoms with E-state index in [1.807, 2.05) is 68.4 Å². The molecule has 156 valence electrons. The van der Waals surface area contributed by atoms with Crippen LogP contribution in [-0.2, 0) is 21.9 Å². The third-order valence-electron chi connectivity index (χ3n) is 4.77. The second-order valence-electron chi connectivity index (χ2n) is 7.12. The van der Waals surface area contributed by atoms with Crippen molar-refractivity contribution in [1.82, 2.24) is 10.2 Å². The fraction of sp³-hybridized carbons (Fsp3) is 0.391. The van der Waals surface area contributed by atoms with E-state index < -0.39 is 6.04 Å². The number of hydrogen-bond acceptors (Lipinski definition) is 3. The van der Waals surface area contributed by atoms with Gasteiger partial charge >= 0.3 is 0 Å². The molecule has 29 heavy (non-hydrogen) atoms. The van der Waals surface area contributed by atoms with Crippen LogP contribution in [0.3, 0.4) is 0 Å². The number of thioether (sulfide) groups is 1. The molecule has 2 amide bonds. The molecule has 0 aliphatic rings. The molecule has 0 radical (unpaired) electrons. The fourth-order valence-corrected chi connectivity index (χ4v) is 3.74. The highest BCUT2D eigenvalue weighted by molar-refractivity contribution is 7.99. The lowest BCUT2D eigenvalue weighted by molar-refractivity contribution is -0.138. The quantitative estimate of drug-likeness (QED) is 0.580. The molecule has 1 N–H and O–H groups in total. The van der Waals surface area contributed by atoms with E-state index >= 15 is 0 Å². The second kappa shape index (κ2) is 11.9. The zero-order chi connectivity index (χ0) is 21.2. The summed E-state index contributed by atoms with van der Waals surface area (Å²) >= 11 is 7.46. The first-order chi connectivity index (χ1) is 13.9. The SMILES string of the molecule is CC[C@@H](C)NC(=O)[C@H](C)N(Cc1ccccc1)C(=O)CSCc1ccc(Cl)cc1. The van der Waals surface area contributed by atoms with Crippen LogP contribution in [0.1, 0.15) is 38.3 Å². The average molecular weight is 433 g/mol. The molecule has 0 aliphatic heterocycles. The van der Waals surface area contributed by atoms with Gasteiger partial charge in [0.25, 0.3) is 0 Å². The van der Waals surface area contributed by atoms with Gasteiger partial charge < -0.3 is 10.2 Å². The fourth-order valence-electron chi connectivity index (χ4n) is 2.75. The lowest BCUT2D eigenvalue weighted by atomic mass is 10.1. The average Bonchev–Trinajstić information content (AvgIpc) is 2.73. The lowest BCUT2D eigenvalue weighted by Crippen LogP contribution is -2.50. The number of carbonyl (C=O) groups excluding carboxylic acids is 2. The van der Waals surface area contributed by atoms with Crippen LogP contribution in [0.5, 0.6) is 0 Å². The number of nitrogens with one attached hydrogen (secondary N) is 1. The van der Waals surface area contributed by atoms with Crippen molar-refractivity contribution in [2.45, 2.75) is 51.6 Å². The van der Waals surface area contributed by atoms with Crippen molar-refractivity contribution >= 4 is 35.2 Å². The van der Waals surface area contributed by atoms with E-state index in [1.165, 1.54) is 0 Å². The van der Waals surface area contributed by atoms with Crippen molar-refractivity contribution in [2.24, 2.45) is 0 Å². The van der Waals surface area contributed by atoms with Gasteiger partial charge in [0.1, 0.15) is 6.04 Å². The first-order valence-corrected chi connectivity index (χ1v) is 11.4. The third-order valence-corrected chi connectivity index (χ3v) is 6.01. The molecule has 2 rings (SSSR count). The van der Waals surface area contributed by atoms with Gasteiger partial charge in [-0.25, -0.2) is 0 Å². The molecule has 0 saturated heterocycles. The van der Waals surface area contributed by atoms with Crippen LogP contribution in [0.2, 0.25) is 5.02 Å². The van der Waals surface area contributed by atoms with Crippen molar-refractivity contribution in [3.05, 3.63) is 70.7 Å². The minimum atomic E-state index is -0.534. The Kier molecular flexibility index (Phi) is 9.55. The van der Waals surface area contributed by atoms with Gasteiger partial charge in [0.15, 0.2) is 0 Å². The van der Waals surface area contributed by atoms with Crippen LogP contribution >= 0.6 is 23.4 Å². The summed E-state index contributed by atoms with van der Waals surface area (Å²) in [6.45, 7) is 6.20. The van der Waals surface area contributed by atoms with Gasteiger partial charge in [-0.3, -0.25) is 9.59 Å². The highest BCUT2D eigenvalue weighted by atomic mass is 35.5. The van der Waals surface area contributed by atoms with E-state index in [1.54, 1.807) is 23.6 Å². The van der Waals surface area contributed by atoms with E-state index in [0.717, 1.165) is 23.3 Å². The molecule has 0 fully saturated rings. The monoisotopic (exact) mass is 432 g/mol. The summed E-state index contributed by atoms with van der Waals surface area (Å²) in [5.41, 5.74) is 2.12. The topological polar surface area (TPSA) is 49.4 Å². The van der Waals surface area contributed by atoms with Crippen molar-refractivity contribution in [1.29, 1.82) is 0 Å². The molecule has 0 bridgehead atoms. The van der Waals surface area contributed by atoms with Crippen LogP contribution in [-0.4, -0.2) is 34.6 Å². The van der Waals surface area contributed by atoms with Gasteiger partial charge in [-0.2, -0.15) is 0 Å². The largest absolute Gasteiger partial charge is 0.352 e. The Hall–Kier alpha value is -1.98. The van der Waals surface area contributed by atoms with Crippen molar-refractivity contribution in [2.75, 3.05) is 5.75 Å². The molecule has 4 nitrogen and oxygen atoms in total. The maximum Gasteiger partial charge on any atom is 0.242 e. The summed E-state index contributed by atoms with van der Waals surface area (Å²) < 4.78 is 0. The summed E-state index contributed by atoms with van der Waals surface area (Å²) in [5.74, 6) is 0.873. The summed E-state index contributed by atoms with van der Waals surface area (Å²) in [5, 5.41) is 3.68. The first kappa shape index (κ1) is 23.3. The Morgan fingerprint density at radius 1 is 1.03 bits per heavy atom. The Balaban J connectivity index is 2.03. The molecule has 0 spiro atoms. The molecule has 6 heteroatoms. The van der Waals surface area contributed by atoms with Gasteiger partial charge in [-0.15, -0.1) is 11.8 Å². The smallest absolute Gasteiger partial charge is 0.242 e. The molecule has 0 saturated carbocycles. The molecule has 2 atom stereocenters. The minimum absolute atomic E-state index is 0.0420. The summed E-state index contributed by atoms with van der Waals surface area (Å²) in [6, 6.07) is 16.9. The second-order valence-corrected chi connectivity index (χ2v) is 8.54. The zero-order valence-corrected chi connectivity index (χ0v) is 18.8. The summed E-state index contributed by atoms with van der Waals surface area (Å²) in [6.07, 6.45) is 0.849. The van der Waals surface area contributed by atoms with Crippen molar-refractivity contribution in [3.8, 4) is 0 Å². The van der Waals surface area contributed by atoms with Crippen LogP contribution < -0.4 is 5.32 Å². The zero-order valence-electron chi connectivity index (χ0n) is 17.2. The predicted octanol–water partition coefficient (Wildman–Crippen LogP) is 4.91. The molecule has 0 aliphatic carbocycles.